The number of hydrogen-bond donors (Lipinski definition) is 0. The Morgan fingerprint density at radius 2 is 1.88 bits per heavy atom. The third kappa shape index (κ3) is 6.45. The topological polar surface area (TPSA) is 55.8 Å². The molecule has 1 aromatic rings. The smallest absolute Gasteiger partial charge is 0.344 e. The summed E-state index contributed by atoms with van der Waals surface area (Å²) < 4.78 is 10.1. The third-order valence-corrected chi connectivity index (χ3v) is 3.80. The van der Waals surface area contributed by atoms with E-state index in [1.807, 2.05) is 63.9 Å². The highest BCUT2D eigenvalue weighted by atomic mass is 16.6. The molecule has 0 radical (unpaired) electrons. The van der Waals surface area contributed by atoms with Gasteiger partial charge in [0.25, 0.3) is 0 Å². The molecule has 5 nitrogen and oxygen atoms in total. The highest BCUT2D eigenvalue weighted by Crippen LogP contribution is 2.21. The van der Waals surface area contributed by atoms with Gasteiger partial charge >= 0.3 is 11.9 Å². The van der Waals surface area contributed by atoms with Crippen molar-refractivity contribution in [2.24, 2.45) is 0 Å². The molecule has 1 rings (SSSR count). The second kappa shape index (κ2) is 10.3. The maximum Gasteiger partial charge on any atom is 0.344 e. The van der Waals surface area contributed by atoms with E-state index in [1.54, 1.807) is 12.1 Å². The molecule has 136 valence electrons. The van der Waals surface area contributed by atoms with Crippen molar-refractivity contribution in [3.63, 3.8) is 0 Å². The molecule has 0 spiro atoms. The molecule has 0 heterocycles. The Hall–Kier alpha value is -2.56. The minimum absolute atomic E-state index is 0.160. The standard InChI is InChI=1S/C20H27NO4/c1-6-9-16(7-2)13-24-19(22)14-25-20(23)17-11-10-15(4)18(12-17)21(5)8-3/h6-7,9-12H,8,13-14H2,1-5H3/b9-6-,16-7+. The fourth-order valence-electron chi connectivity index (χ4n) is 2.17. The molecular weight excluding hydrogens is 318 g/mol. The Kier molecular flexibility index (Phi) is 8.47. The first-order chi connectivity index (χ1) is 11.9. The summed E-state index contributed by atoms with van der Waals surface area (Å²) in [7, 11) is 1.96. The van der Waals surface area contributed by atoms with Crippen molar-refractivity contribution in [1.82, 2.24) is 0 Å². The summed E-state index contributed by atoms with van der Waals surface area (Å²) >= 11 is 0. The fourth-order valence-corrected chi connectivity index (χ4v) is 2.17. The van der Waals surface area contributed by atoms with E-state index in [1.165, 1.54) is 0 Å². The Balaban J connectivity index is 2.61. The number of benzene rings is 1. The lowest BCUT2D eigenvalue weighted by Gasteiger charge is -2.20. The maximum absolute atomic E-state index is 12.1. The molecule has 1 aromatic carbocycles. The van der Waals surface area contributed by atoms with Crippen molar-refractivity contribution in [1.29, 1.82) is 0 Å². The molecule has 0 saturated heterocycles. The minimum atomic E-state index is -0.574. The number of carbonyl (C=O) groups excluding carboxylic acids is 2. The number of allylic oxidation sites excluding steroid dienone is 2. The Morgan fingerprint density at radius 3 is 2.48 bits per heavy atom. The third-order valence-electron chi connectivity index (χ3n) is 3.80. The quantitative estimate of drug-likeness (QED) is 0.531. The van der Waals surface area contributed by atoms with Gasteiger partial charge in [0, 0.05) is 19.3 Å². The first kappa shape index (κ1) is 20.5. The van der Waals surface area contributed by atoms with Crippen LogP contribution >= 0.6 is 0 Å². The first-order valence-corrected chi connectivity index (χ1v) is 8.35. The highest BCUT2D eigenvalue weighted by Gasteiger charge is 2.14. The lowest BCUT2D eigenvalue weighted by molar-refractivity contribution is -0.146. The molecule has 0 saturated carbocycles. The van der Waals surface area contributed by atoms with Crippen LogP contribution in [-0.4, -0.2) is 38.7 Å². The van der Waals surface area contributed by atoms with Crippen LogP contribution in [0.1, 0.15) is 36.7 Å². The van der Waals surface area contributed by atoms with Crippen LogP contribution < -0.4 is 4.90 Å². The van der Waals surface area contributed by atoms with E-state index in [4.69, 9.17) is 9.47 Å². The summed E-state index contributed by atoms with van der Waals surface area (Å²) in [5.41, 5.74) is 3.33. The SMILES string of the molecule is C/C=C\C(=C/C)COC(=O)COC(=O)c1ccc(C)c(N(C)CC)c1. The minimum Gasteiger partial charge on any atom is -0.458 e. The number of aryl methyl sites for hydroxylation is 1. The van der Waals surface area contributed by atoms with Crippen LogP contribution in [0.25, 0.3) is 0 Å². The summed E-state index contributed by atoms with van der Waals surface area (Å²) in [6.45, 7) is 8.35. The van der Waals surface area contributed by atoms with Gasteiger partial charge in [-0.1, -0.05) is 24.3 Å². The van der Waals surface area contributed by atoms with Gasteiger partial charge in [0.1, 0.15) is 6.61 Å². The normalized spacial score (nSPS) is 11.5. The van der Waals surface area contributed by atoms with E-state index in [0.29, 0.717) is 5.56 Å². The van der Waals surface area contributed by atoms with E-state index < -0.39 is 18.5 Å². The molecule has 0 unspecified atom stereocenters. The molecule has 0 aliphatic carbocycles. The van der Waals surface area contributed by atoms with Crippen LogP contribution in [0.4, 0.5) is 5.69 Å². The lowest BCUT2D eigenvalue weighted by atomic mass is 10.1. The van der Waals surface area contributed by atoms with Crippen LogP contribution in [0.5, 0.6) is 0 Å². The zero-order chi connectivity index (χ0) is 18.8. The molecule has 0 atom stereocenters. The molecule has 5 heteroatoms. The molecule has 25 heavy (non-hydrogen) atoms. The number of hydrogen-bond acceptors (Lipinski definition) is 5. The van der Waals surface area contributed by atoms with Gasteiger partial charge in [0.2, 0.25) is 0 Å². The Morgan fingerprint density at radius 1 is 1.16 bits per heavy atom. The van der Waals surface area contributed by atoms with E-state index in [-0.39, 0.29) is 6.61 Å². The molecule has 0 bridgehead atoms. The molecule has 0 amide bonds. The number of ether oxygens (including phenoxy) is 2. The van der Waals surface area contributed by atoms with E-state index in [9.17, 15) is 9.59 Å². The van der Waals surface area contributed by atoms with Crippen molar-refractivity contribution >= 4 is 17.6 Å². The average Bonchev–Trinajstić information content (AvgIpc) is 2.62. The van der Waals surface area contributed by atoms with Gasteiger partial charge in [-0.2, -0.15) is 0 Å². The number of rotatable bonds is 8. The molecule has 0 fully saturated rings. The van der Waals surface area contributed by atoms with Gasteiger partial charge in [-0.25, -0.2) is 9.59 Å². The second-order valence-corrected chi connectivity index (χ2v) is 5.62. The summed E-state index contributed by atoms with van der Waals surface area (Å²) in [5.74, 6) is -1.11. The number of esters is 2. The molecule has 0 aromatic heterocycles. The highest BCUT2D eigenvalue weighted by molar-refractivity contribution is 5.92. The summed E-state index contributed by atoms with van der Waals surface area (Å²) in [6, 6.07) is 5.34. The molecular formula is C20H27NO4. The van der Waals surface area contributed by atoms with Gasteiger partial charge in [-0.05, 0) is 51.0 Å². The number of nitrogens with zero attached hydrogens (tertiary/aromatic N) is 1. The van der Waals surface area contributed by atoms with Gasteiger partial charge < -0.3 is 14.4 Å². The number of carbonyl (C=O) groups is 2. The largest absolute Gasteiger partial charge is 0.458 e. The molecule has 0 aliphatic rings. The monoisotopic (exact) mass is 345 g/mol. The van der Waals surface area contributed by atoms with Crippen LogP contribution in [-0.2, 0) is 14.3 Å². The summed E-state index contributed by atoms with van der Waals surface area (Å²) in [4.78, 5) is 25.9. The van der Waals surface area contributed by atoms with Crippen molar-refractivity contribution in [3.05, 3.63) is 53.1 Å². The summed E-state index contributed by atoms with van der Waals surface area (Å²) in [6.07, 6.45) is 5.58. The summed E-state index contributed by atoms with van der Waals surface area (Å²) in [5, 5.41) is 0. The predicted octanol–water partition coefficient (Wildman–Crippen LogP) is 3.67. The van der Waals surface area contributed by atoms with Gasteiger partial charge in [0.15, 0.2) is 6.61 Å². The number of anilines is 1. The average molecular weight is 345 g/mol. The van der Waals surface area contributed by atoms with Crippen molar-refractivity contribution in [3.8, 4) is 0 Å². The van der Waals surface area contributed by atoms with Gasteiger partial charge in [0.05, 0.1) is 5.56 Å². The molecule has 0 N–H and O–H groups in total. The van der Waals surface area contributed by atoms with Crippen molar-refractivity contribution in [2.45, 2.75) is 27.7 Å². The fraction of sp³-hybridized carbons (Fsp3) is 0.400. The van der Waals surface area contributed by atoms with Crippen LogP contribution in [0.3, 0.4) is 0 Å². The van der Waals surface area contributed by atoms with E-state index in [2.05, 4.69) is 0 Å². The second-order valence-electron chi connectivity index (χ2n) is 5.62. The van der Waals surface area contributed by atoms with Gasteiger partial charge in [-0.3, -0.25) is 0 Å². The lowest BCUT2D eigenvalue weighted by Crippen LogP contribution is -2.19. The Labute approximate surface area is 149 Å². The first-order valence-electron chi connectivity index (χ1n) is 8.35. The van der Waals surface area contributed by atoms with Crippen molar-refractivity contribution < 1.29 is 19.1 Å². The van der Waals surface area contributed by atoms with E-state index >= 15 is 0 Å². The zero-order valence-corrected chi connectivity index (χ0v) is 15.7. The zero-order valence-electron chi connectivity index (χ0n) is 15.7. The van der Waals surface area contributed by atoms with Crippen molar-refractivity contribution in [2.75, 3.05) is 31.7 Å². The van der Waals surface area contributed by atoms with Gasteiger partial charge in [-0.15, -0.1) is 0 Å². The van der Waals surface area contributed by atoms with Crippen LogP contribution in [0, 0.1) is 6.92 Å². The maximum atomic E-state index is 12.1. The van der Waals surface area contributed by atoms with Crippen LogP contribution in [0.15, 0.2) is 42.0 Å². The Bertz CT molecular complexity index is 662. The predicted molar refractivity (Wildman–Crippen MR) is 99.9 cm³/mol. The van der Waals surface area contributed by atoms with E-state index in [0.717, 1.165) is 23.4 Å². The molecule has 0 aliphatic heterocycles. The van der Waals surface area contributed by atoms with Crippen LogP contribution in [0.2, 0.25) is 0 Å².